The number of rotatable bonds is 5. The Balaban J connectivity index is 2.37. The second-order valence-electron chi connectivity index (χ2n) is 4.28. The van der Waals surface area contributed by atoms with Crippen LogP contribution in [0, 0.1) is 4.64 Å². The lowest BCUT2D eigenvalue weighted by Crippen LogP contribution is -2.10. The van der Waals surface area contributed by atoms with E-state index >= 15 is 0 Å². The molecule has 2 rings (SSSR count). The zero-order chi connectivity index (χ0) is 12.4. The number of H-pyrrole nitrogens is 1. The van der Waals surface area contributed by atoms with Gasteiger partial charge in [-0.05, 0) is 42.1 Å². The van der Waals surface area contributed by atoms with Crippen molar-refractivity contribution in [2.24, 2.45) is 0 Å². The van der Waals surface area contributed by atoms with Crippen LogP contribution in [0.2, 0.25) is 0 Å². The molecule has 1 unspecified atom stereocenters. The predicted octanol–water partition coefficient (Wildman–Crippen LogP) is 4.27. The van der Waals surface area contributed by atoms with Crippen LogP contribution in [0.1, 0.15) is 56.7 Å². The molecule has 1 heterocycles. The van der Waals surface area contributed by atoms with Crippen molar-refractivity contribution in [3.63, 3.8) is 0 Å². The van der Waals surface area contributed by atoms with Crippen LogP contribution in [0.25, 0.3) is 0 Å². The minimum Gasteiger partial charge on any atom is -0.371 e. The number of aromatic nitrogens is 2. The highest BCUT2D eigenvalue weighted by molar-refractivity contribution is 9.10. The molecule has 1 aromatic rings. The van der Waals surface area contributed by atoms with E-state index in [4.69, 9.17) is 17.0 Å². The third kappa shape index (κ3) is 2.95. The van der Waals surface area contributed by atoms with Gasteiger partial charge in [-0.1, -0.05) is 19.1 Å². The molecule has 5 heteroatoms. The Morgan fingerprint density at radius 3 is 2.76 bits per heavy atom. The van der Waals surface area contributed by atoms with Crippen LogP contribution in [0.3, 0.4) is 0 Å². The molecule has 1 aliphatic carbocycles. The summed E-state index contributed by atoms with van der Waals surface area (Å²) in [6.07, 6.45) is 3.39. The SMILES string of the molecule is CCOC(CC)c1nc(=S)c(Br)c(C2CC2)[nH]1. The van der Waals surface area contributed by atoms with Gasteiger partial charge in [0.2, 0.25) is 0 Å². The standard InChI is InChI=1S/C12H17BrN2OS/c1-3-8(16-4-2)11-14-10(7-5-6-7)9(13)12(17)15-11/h7-8H,3-6H2,1-2H3,(H,14,15,17). The summed E-state index contributed by atoms with van der Waals surface area (Å²) < 4.78 is 7.26. The van der Waals surface area contributed by atoms with Crippen LogP contribution in [0.4, 0.5) is 0 Å². The van der Waals surface area contributed by atoms with Crippen molar-refractivity contribution in [1.29, 1.82) is 0 Å². The molecule has 1 aromatic heterocycles. The summed E-state index contributed by atoms with van der Waals surface area (Å²) >= 11 is 8.82. The average molecular weight is 317 g/mol. The number of hydrogen-bond acceptors (Lipinski definition) is 3. The topological polar surface area (TPSA) is 37.9 Å². The quantitative estimate of drug-likeness (QED) is 0.824. The van der Waals surface area contributed by atoms with E-state index < -0.39 is 0 Å². The van der Waals surface area contributed by atoms with Crippen LogP contribution in [-0.4, -0.2) is 16.6 Å². The number of nitrogens with zero attached hydrogens (tertiary/aromatic N) is 1. The first-order valence-corrected chi connectivity index (χ1v) is 7.28. The summed E-state index contributed by atoms with van der Waals surface area (Å²) in [7, 11) is 0. The van der Waals surface area contributed by atoms with E-state index in [2.05, 4.69) is 32.8 Å². The lowest BCUT2D eigenvalue weighted by atomic mass is 10.2. The van der Waals surface area contributed by atoms with Crippen LogP contribution < -0.4 is 0 Å². The summed E-state index contributed by atoms with van der Waals surface area (Å²) in [5.41, 5.74) is 1.19. The molecule has 0 amide bonds. The Morgan fingerprint density at radius 1 is 1.53 bits per heavy atom. The van der Waals surface area contributed by atoms with Gasteiger partial charge in [-0.3, -0.25) is 0 Å². The average Bonchev–Trinajstić information content (AvgIpc) is 3.13. The van der Waals surface area contributed by atoms with E-state index in [1.807, 2.05) is 6.92 Å². The highest BCUT2D eigenvalue weighted by Crippen LogP contribution is 2.42. The van der Waals surface area contributed by atoms with Crippen molar-refractivity contribution in [1.82, 2.24) is 9.97 Å². The number of halogens is 1. The second-order valence-corrected chi connectivity index (χ2v) is 5.46. The highest BCUT2D eigenvalue weighted by atomic mass is 79.9. The summed E-state index contributed by atoms with van der Waals surface area (Å²) in [6.45, 7) is 4.78. The van der Waals surface area contributed by atoms with Crippen LogP contribution in [0.15, 0.2) is 4.47 Å². The van der Waals surface area contributed by atoms with Crippen molar-refractivity contribution in [2.45, 2.75) is 45.1 Å². The monoisotopic (exact) mass is 316 g/mol. The molecule has 17 heavy (non-hydrogen) atoms. The number of aromatic amines is 1. The second kappa shape index (κ2) is 5.59. The molecule has 1 atom stereocenters. The van der Waals surface area contributed by atoms with Crippen molar-refractivity contribution in [2.75, 3.05) is 6.61 Å². The van der Waals surface area contributed by atoms with Gasteiger partial charge in [0.25, 0.3) is 0 Å². The van der Waals surface area contributed by atoms with E-state index in [0.717, 1.165) is 16.7 Å². The molecule has 0 aliphatic heterocycles. The fourth-order valence-corrected chi connectivity index (χ4v) is 2.61. The molecule has 0 saturated heterocycles. The van der Waals surface area contributed by atoms with Gasteiger partial charge >= 0.3 is 0 Å². The Bertz CT molecular complexity index is 456. The van der Waals surface area contributed by atoms with Gasteiger partial charge in [0, 0.05) is 18.2 Å². The van der Waals surface area contributed by atoms with Gasteiger partial charge in [-0.25, -0.2) is 4.98 Å². The van der Waals surface area contributed by atoms with Crippen molar-refractivity contribution in [3.05, 3.63) is 20.6 Å². The molecule has 0 aromatic carbocycles. The minimum absolute atomic E-state index is 0.0206. The van der Waals surface area contributed by atoms with Crippen molar-refractivity contribution < 1.29 is 4.74 Å². The summed E-state index contributed by atoms with van der Waals surface area (Å²) in [4.78, 5) is 7.82. The number of nitrogens with one attached hydrogen (secondary N) is 1. The number of ether oxygens (including phenoxy) is 1. The van der Waals surface area contributed by atoms with E-state index in [-0.39, 0.29) is 6.10 Å². The lowest BCUT2D eigenvalue weighted by Gasteiger charge is -2.16. The fourth-order valence-electron chi connectivity index (χ4n) is 1.89. The first kappa shape index (κ1) is 13.2. The van der Waals surface area contributed by atoms with E-state index in [0.29, 0.717) is 17.2 Å². The van der Waals surface area contributed by atoms with Gasteiger partial charge in [-0.2, -0.15) is 0 Å². The first-order chi connectivity index (χ1) is 8.17. The normalized spacial score (nSPS) is 17.1. The van der Waals surface area contributed by atoms with Gasteiger partial charge in [0.05, 0.1) is 4.47 Å². The summed E-state index contributed by atoms with van der Waals surface area (Å²) in [5.74, 6) is 1.48. The Kier molecular flexibility index (Phi) is 4.33. The predicted molar refractivity (Wildman–Crippen MR) is 73.8 cm³/mol. The zero-order valence-electron chi connectivity index (χ0n) is 10.1. The molecule has 1 N–H and O–H groups in total. The first-order valence-electron chi connectivity index (χ1n) is 6.08. The molecule has 3 nitrogen and oxygen atoms in total. The van der Waals surface area contributed by atoms with E-state index in [1.165, 1.54) is 18.5 Å². The summed E-state index contributed by atoms with van der Waals surface area (Å²) in [6, 6.07) is 0. The Labute approximate surface area is 115 Å². The molecule has 1 saturated carbocycles. The maximum Gasteiger partial charge on any atom is 0.144 e. The zero-order valence-corrected chi connectivity index (χ0v) is 12.5. The van der Waals surface area contributed by atoms with E-state index in [9.17, 15) is 0 Å². The molecular weight excluding hydrogens is 300 g/mol. The largest absolute Gasteiger partial charge is 0.371 e. The molecule has 1 fully saturated rings. The third-order valence-electron chi connectivity index (χ3n) is 2.94. The minimum atomic E-state index is 0.0206. The molecule has 0 radical (unpaired) electrons. The van der Waals surface area contributed by atoms with Gasteiger partial charge in [0.1, 0.15) is 16.6 Å². The Hall–Kier alpha value is -0.260. The van der Waals surface area contributed by atoms with Crippen LogP contribution >= 0.6 is 28.1 Å². The van der Waals surface area contributed by atoms with Crippen LogP contribution in [-0.2, 0) is 4.74 Å². The third-order valence-corrected chi connectivity index (χ3v) is 4.30. The number of hydrogen-bond donors (Lipinski definition) is 1. The maximum atomic E-state index is 5.67. The smallest absolute Gasteiger partial charge is 0.144 e. The Morgan fingerprint density at radius 2 is 2.24 bits per heavy atom. The molecule has 0 spiro atoms. The fraction of sp³-hybridized carbons (Fsp3) is 0.667. The van der Waals surface area contributed by atoms with Gasteiger partial charge < -0.3 is 9.72 Å². The molecular formula is C12H17BrN2OS. The lowest BCUT2D eigenvalue weighted by molar-refractivity contribution is 0.0532. The van der Waals surface area contributed by atoms with Gasteiger partial charge in [-0.15, -0.1) is 0 Å². The van der Waals surface area contributed by atoms with E-state index in [1.54, 1.807) is 0 Å². The van der Waals surface area contributed by atoms with Crippen LogP contribution in [0.5, 0.6) is 0 Å². The van der Waals surface area contributed by atoms with Crippen molar-refractivity contribution >= 4 is 28.1 Å². The van der Waals surface area contributed by atoms with Gasteiger partial charge in [0.15, 0.2) is 0 Å². The molecule has 0 bridgehead atoms. The maximum absolute atomic E-state index is 5.67. The molecule has 1 aliphatic rings. The summed E-state index contributed by atoms with van der Waals surface area (Å²) in [5, 5.41) is 0. The van der Waals surface area contributed by atoms with Crippen molar-refractivity contribution in [3.8, 4) is 0 Å². The molecule has 94 valence electrons. The highest BCUT2D eigenvalue weighted by Gasteiger charge is 2.28.